The van der Waals surface area contributed by atoms with E-state index >= 15 is 0 Å². The van der Waals surface area contributed by atoms with Crippen molar-refractivity contribution in [2.45, 2.75) is 50.0 Å². The van der Waals surface area contributed by atoms with Gasteiger partial charge < -0.3 is 14.6 Å². The minimum absolute atomic E-state index is 0.0311. The summed E-state index contributed by atoms with van der Waals surface area (Å²) in [6.07, 6.45) is 2.42. The Hall–Kier alpha value is -1.43. The molecule has 1 aliphatic rings. The molecule has 0 unspecified atom stereocenters. The second-order valence-electron chi connectivity index (χ2n) is 8.11. The molecule has 3 rings (SSSR count). The van der Waals surface area contributed by atoms with Crippen molar-refractivity contribution in [2.24, 2.45) is 0 Å². The van der Waals surface area contributed by atoms with E-state index in [1.54, 1.807) is 11.4 Å². The second-order valence-corrected chi connectivity index (χ2v) is 11.1. The molecule has 11 heteroatoms. The summed E-state index contributed by atoms with van der Waals surface area (Å²) in [7, 11) is -3.86. The van der Waals surface area contributed by atoms with Gasteiger partial charge in [0.1, 0.15) is 5.75 Å². The van der Waals surface area contributed by atoms with Gasteiger partial charge in [-0.1, -0.05) is 25.4 Å². The van der Waals surface area contributed by atoms with Gasteiger partial charge in [0.2, 0.25) is 0 Å². The van der Waals surface area contributed by atoms with Crippen LogP contribution in [0.15, 0.2) is 28.5 Å². The number of rotatable bonds is 12. The van der Waals surface area contributed by atoms with E-state index in [1.165, 1.54) is 23.5 Å². The molecule has 33 heavy (non-hydrogen) atoms. The maximum Gasteiger partial charge on any atom is 0.263 e. The first kappa shape index (κ1) is 26.2. The minimum Gasteiger partial charge on any atom is -0.492 e. The Morgan fingerprint density at radius 1 is 1.30 bits per heavy atom. The maximum absolute atomic E-state index is 12.8. The Morgan fingerprint density at radius 3 is 2.70 bits per heavy atom. The van der Waals surface area contributed by atoms with Gasteiger partial charge in [-0.3, -0.25) is 9.62 Å². The molecule has 1 aromatic carbocycles. The number of morpholine rings is 1. The quantitative estimate of drug-likeness (QED) is 0.413. The number of ether oxygens (including phenoxy) is 2. The Labute approximate surface area is 204 Å². The third-order valence-corrected chi connectivity index (χ3v) is 8.36. The van der Waals surface area contributed by atoms with Gasteiger partial charge in [0.25, 0.3) is 10.0 Å². The van der Waals surface area contributed by atoms with E-state index in [-0.39, 0.29) is 15.0 Å². The van der Waals surface area contributed by atoms with Gasteiger partial charge in [-0.15, -0.1) is 11.3 Å². The standard InChI is InChI=1S/C22H32ClN3O5S2/c1-3-22(27,4-2)15-17-16-32-21(24-17)25-33(28,29)18-6-7-20(19(23)14-18)31-11-5-8-26-9-12-30-13-10-26/h6-7,14,16,27H,3-5,8-13,15H2,1-2H3,(H,24,25). The van der Waals surface area contributed by atoms with E-state index in [0.29, 0.717) is 37.3 Å². The van der Waals surface area contributed by atoms with Crippen LogP contribution < -0.4 is 9.46 Å². The van der Waals surface area contributed by atoms with Crippen molar-refractivity contribution >= 4 is 38.1 Å². The summed E-state index contributed by atoms with van der Waals surface area (Å²) in [5.74, 6) is 0.451. The monoisotopic (exact) mass is 517 g/mol. The predicted molar refractivity (Wildman–Crippen MR) is 131 cm³/mol. The molecule has 0 aliphatic carbocycles. The van der Waals surface area contributed by atoms with Crippen LogP contribution in [0, 0.1) is 0 Å². The molecule has 0 radical (unpaired) electrons. The van der Waals surface area contributed by atoms with Crippen LogP contribution in [0.4, 0.5) is 5.13 Å². The number of nitrogens with zero attached hydrogens (tertiary/aromatic N) is 2. The summed E-state index contributed by atoms with van der Waals surface area (Å²) in [6, 6.07) is 4.41. The predicted octanol–water partition coefficient (Wildman–Crippen LogP) is 3.79. The van der Waals surface area contributed by atoms with Crippen LogP contribution in [0.2, 0.25) is 5.02 Å². The van der Waals surface area contributed by atoms with Crippen LogP contribution >= 0.6 is 22.9 Å². The lowest BCUT2D eigenvalue weighted by molar-refractivity contribution is 0.0319. The van der Waals surface area contributed by atoms with E-state index in [0.717, 1.165) is 39.3 Å². The fraction of sp³-hybridized carbons (Fsp3) is 0.591. The summed E-state index contributed by atoms with van der Waals surface area (Å²) in [5.41, 5.74) is -0.182. The highest BCUT2D eigenvalue weighted by Gasteiger charge is 2.25. The van der Waals surface area contributed by atoms with E-state index in [4.69, 9.17) is 21.1 Å². The average Bonchev–Trinajstić information content (AvgIpc) is 3.23. The number of benzene rings is 1. The molecule has 1 aliphatic heterocycles. The Kier molecular flexibility index (Phi) is 9.37. The number of halogens is 1. The van der Waals surface area contributed by atoms with Gasteiger partial charge in [0, 0.05) is 31.4 Å². The van der Waals surface area contributed by atoms with Crippen molar-refractivity contribution in [3.05, 3.63) is 34.3 Å². The number of hydrogen-bond acceptors (Lipinski definition) is 8. The third kappa shape index (κ3) is 7.53. The molecule has 0 bridgehead atoms. The molecule has 2 N–H and O–H groups in total. The molecule has 0 atom stereocenters. The van der Waals surface area contributed by atoms with Crippen molar-refractivity contribution in [3.63, 3.8) is 0 Å². The molecule has 2 aromatic rings. The molecular formula is C22H32ClN3O5S2. The highest BCUT2D eigenvalue weighted by molar-refractivity contribution is 7.93. The van der Waals surface area contributed by atoms with Crippen molar-refractivity contribution in [1.82, 2.24) is 9.88 Å². The topological polar surface area (TPSA) is 101 Å². The van der Waals surface area contributed by atoms with Crippen LogP contribution in [0.3, 0.4) is 0 Å². The molecule has 1 aromatic heterocycles. The number of aromatic nitrogens is 1. The third-order valence-electron chi connectivity index (χ3n) is 5.79. The average molecular weight is 518 g/mol. The molecule has 0 spiro atoms. The zero-order valence-electron chi connectivity index (χ0n) is 19.0. The Balaban J connectivity index is 1.55. The van der Waals surface area contributed by atoms with Crippen molar-refractivity contribution in [3.8, 4) is 5.75 Å². The van der Waals surface area contributed by atoms with Gasteiger partial charge in [-0.2, -0.15) is 0 Å². The first-order valence-electron chi connectivity index (χ1n) is 11.2. The first-order chi connectivity index (χ1) is 15.7. The summed E-state index contributed by atoms with van der Waals surface area (Å²) in [6.45, 7) is 8.63. The molecule has 1 fully saturated rings. The zero-order chi connectivity index (χ0) is 23.9. The van der Waals surface area contributed by atoms with Gasteiger partial charge >= 0.3 is 0 Å². The molecule has 8 nitrogen and oxygen atoms in total. The van der Waals surface area contributed by atoms with Crippen LogP contribution in [0.1, 0.15) is 38.8 Å². The van der Waals surface area contributed by atoms with Gasteiger partial charge in [0.15, 0.2) is 5.13 Å². The number of thiazole rings is 1. The van der Waals surface area contributed by atoms with Crippen LogP contribution in [-0.4, -0.2) is 68.5 Å². The molecule has 0 amide bonds. The van der Waals surface area contributed by atoms with Crippen LogP contribution in [-0.2, 0) is 21.2 Å². The lowest BCUT2D eigenvalue weighted by Crippen LogP contribution is -2.37. The Bertz CT molecular complexity index is 1010. The van der Waals surface area contributed by atoms with Crippen LogP contribution in [0.5, 0.6) is 5.75 Å². The SMILES string of the molecule is CCC(O)(CC)Cc1csc(NS(=O)(=O)c2ccc(OCCCN3CCOCC3)c(Cl)c2)n1. The summed E-state index contributed by atoms with van der Waals surface area (Å²) < 4.78 is 39.2. The molecule has 1 saturated heterocycles. The van der Waals surface area contributed by atoms with Gasteiger partial charge in [0.05, 0.1) is 41.0 Å². The number of nitrogens with one attached hydrogen (secondary N) is 1. The van der Waals surface area contributed by atoms with E-state index in [9.17, 15) is 13.5 Å². The Morgan fingerprint density at radius 2 is 2.03 bits per heavy atom. The van der Waals surface area contributed by atoms with Crippen LogP contribution in [0.25, 0.3) is 0 Å². The fourth-order valence-corrected chi connectivity index (χ4v) is 5.80. The largest absolute Gasteiger partial charge is 0.492 e. The number of anilines is 1. The van der Waals surface area contributed by atoms with E-state index in [1.807, 2.05) is 13.8 Å². The summed E-state index contributed by atoms with van der Waals surface area (Å²) >= 11 is 7.47. The van der Waals surface area contributed by atoms with Crippen molar-refractivity contribution in [2.75, 3.05) is 44.2 Å². The summed E-state index contributed by atoms with van der Waals surface area (Å²) in [5, 5.41) is 12.7. The highest BCUT2D eigenvalue weighted by Crippen LogP contribution is 2.30. The number of aliphatic hydroxyl groups is 1. The first-order valence-corrected chi connectivity index (χ1v) is 13.9. The molecule has 0 saturated carbocycles. The molecule has 2 heterocycles. The lowest BCUT2D eigenvalue weighted by Gasteiger charge is -2.26. The zero-order valence-corrected chi connectivity index (χ0v) is 21.4. The molecular weight excluding hydrogens is 486 g/mol. The lowest BCUT2D eigenvalue weighted by atomic mass is 9.92. The maximum atomic E-state index is 12.8. The smallest absolute Gasteiger partial charge is 0.263 e. The van der Waals surface area contributed by atoms with Gasteiger partial charge in [-0.25, -0.2) is 13.4 Å². The molecule has 184 valence electrons. The second kappa shape index (κ2) is 11.8. The minimum atomic E-state index is -3.86. The van der Waals surface area contributed by atoms with Crippen molar-refractivity contribution < 1.29 is 23.0 Å². The number of sulfonamides is 1. The van der Waals surface area contributed by atoms with Crippen molar-refractivity contribution in [1.29, 1.82) is 0 Å². The van der Waals surface area contributed by atoms with E-state index < -0.39 is 15.6 Å². The highest BCUT2D eigenvalue weighted by atomic mass is 35.5. The number of hydrogen-bond donors (Lipinski definition) is 2. The fourth-order valence-electron chi connectivity index (χ4n) is 3.51. The summed E-state index contributed by atoms with van der Waals surface area (Å²) in [4.78, 5) is 6.68. The van der Waals surface area contributed by atoms with Gasteiger partial charge in [-0.05, 0) is 37.5 Å². The van der Waals surface area contributed by atoms with E-state index in [2.05, 4.69) is 14.6 Å². The normalized spacial score (nSPS) is 15.5.